The second-order valence-electron chi connectivity index (χ2n) is 7.89. The Morgan fingerprint density at radius 3 is 2.52 bits per heavy atom. The lowest BCUT2D eigenvalue weighted by atomic mass is 9.69. The first-order valence-corrected chi connectivity index (χ1v) is 10.1. The van der Waals surface area contributed by atoms with Gasteiger partial charge < -0.3 is 5.32 Å². The smallest absolute Gasteiger partial charge is 0.348 e. The monoisotopic (exact) mass is 422 g/mol. The van der Waals surface area contributed by atoms with E-state index in [9.17, 15) is 18.0 Å². The highest BCUT2D eigenvalue weighted by Gasteiger charge is 2.55. The summed E-state index contributed by atoms with van der Waals surface area (Å²) in [6, 6.07) is 11.5. The molecule has 0 unspecified atom stereocenters. The number of fused-ring (bicyclic) bond motifs is 1. The second kappa shape index (κ2) is 7.33. The summed E-state index contributed by atoms with van der Waals surface area (Å²) in [6.45, 7) is 4.60. The number of nitrogens with one attached hydrogen (secondary N) is 1. The van der Waals surface area contributed by atoms with E-state index in [0.717, 1.165) is 30.6 Å². The quantitative estimate of drug-likeness (QED) is 0.715. The molecule has 0 aromatic heterocycles. The van der Waals surface area contributed by atoms with E-state index >= 15 is 0 Å². The Morgan fingerprint density at radius 1 is 1.21 bits per heavy atom. The van der Waals surface area contributed by atoms with Gasteiger partial charge in [0, 0.05) is 18.6 Å². The van der Waals surface area contributed by atoms with Crippen LogP contribution < -0.4 is 5.32 Å². The van der Waals surface area contributed by atoms with Crippen molar-refractivity contribution < 1.29 is 18.0 Å². The van der Waals surface area contributed by atoms with Crippen LogP contribution in [-0.2, 0) is 18.3 Å². The molecule has 3 fully saturated rings. The first-order chi connectivity index (χ1) is 13.7. The lowest BCUT2D eigenvalue weighted by molar-refractivity contribution is -0.137. The first-order valence-electron chi connectivity index (χ1n) is 9.73. The number of nitrogens with zero attached hydrogens (tertiary/aromatic N) is 1. The summed E-state index contributed by atoms with van der Waals surface area (Å²) in [5.41, 5.74) is 1.16. The molecule has 1 saturated carbocycles. The average molecular weight is 423 g/mol. The van der Waals surface area contributed by atoms with E-state index in [0.29, 0.717) is 0 Å². The van der Waals surface area contributed by atoms with Crippen molar-refractivity contribution >= 4 is 17.5 Å². The zero-order chi connectivity index (χ0) is 20.8. The van der Waals surface area contributed by atoms with Crippen molar-refractivity contribution in [3.05, 3.63) is 69.7 Å². The Balaban J connectivity index is 1.43. The van der Waals surface area contributed by atoms with Crippen molar-refractivity contribution in [1.82, 2.24) is 10.2 Å². The molecule has 5 rings (SSSR count). The third-order valence-corrected chi connectivity index (χ3v) is 6.62. The van der Waals surface area contributed by atoms with Gasteiger partial charge in [-0.25, -0.2) is 0 Å². The van der Waals surface area contributed by atoms with Crippen molar-refractivity contribution in [1.29, 1.82) is 0 Å². The molecule has 1 N–H and O–H groups in total. The fourth-order valence-electron chi connectivity index (χ4n) is 4.76. The van der Waals surface area contributed by atoms with Gasteiger partial charge >= 0.3 is 6.18 Å². The zero-order valence-electron chi connectivity index (χ0n) is 16.0. The lowest BCUT2D eigenvalue weighted by Gasteiger charge is -2.43. The third-order valence-electron chi connectivity index (χ3n) is 6.21. The van der Waals surface area contributed by atoms with Gasteiger partial charge in [-0.2, -0.15) is 13.2 Å². The van der Waals surface area contributed by atoms with Crippen molar-refractivity contribution in [2.45, 2.75) is 38.0 Å². The molecule has 3 nitrogen and oxygen atoms in total. The fourth-order valence-corrected chi connectivity index (χ4v) is 5.07. The van der Waals surface area contributed by atoms with Gasteiger partial charge in [-0.3, -0.25) is 9.69 Å². The summed E-state index contributed by atoms with van der Waals surface area (Å²) in [5, 5.41) is 2.09. The highest BCUT2D eigenvalue weighted by Crippen LogP contribution is 2.56. The maximum atomic E-state index is 13.0. The summed E-state index contributed by atoms with van der Waals surface area (Å²) in [5.74, 6) is 0.171. The van der Waals surface area contributed by atoms with Crippen LogP contribution in [0.15, 0.2) is 42.5 Å². The molecule has 3 aliphatic rings. The third kappa shape index (κ3) is 3.53. The minimum absolute atomic E-state index is 0.159. The first kappa shape index (κ1) is 20.2. The van der Waals surface area contributed by atoms with Gasteiger partial charge in [0.2, 0.25) is 0 Å². The summed E-state index contributed by atoms with van der Waals surface area (Å²) >= 11 is 5.83. The van der Waals surface area contributed by atoms with Crippen molar-refractivity contribution in [2.24, 2.45) is 5.92 Å². The molecule has 0 spiro atoms. The van der Waals surface area contributed by atoms with Gasteiger partial charge in [-0.1, -0.05) is 48.9 Å². The van der Waals surface area contributed by atoms with E-state index < -0.39 is 22.7 Å². The number of carbonyl (C=O) groups is 1. The van der Waals surface area contributed by atoms with Gasteiger partial charge in [-0.15, -0.1) is 0 Å². The molecule has 154 valence electrons. The number of alkyl halides is 3. The van der Waals surface area contributed by atoms with Gasteiger partial charge in [-0.05, 0) is 48.6 Å². The molecule has 7 heteroatoms. The maximum Gasteiger partial charge on any atom is 0.417 e. The Morgan fingerprint density at radius 2 is 1.90 bits per heavy atom. The number of hydrogen-bond donors (Lipinski definition) is 1. The number of rotatable bonds is 5. The number of halogens is 4. The Bertz CT molecular complexity index is 921. The van der Waals surface area contributed by atoms with Crippen molar-refractivity contribution in [2.75, 3.05) is 13.1 Å². The van der Waals surface area contributed by atoms with Crippen LogP contribution in [0.2, 0.25) is 5.02 Å². The van der Waals surface area contributed by atoms with E-state index in [4.69, 9.17) is 11.6 Å². The van der Waals surface area contributed by atoms with Gasteiger partial charge in [0.15, 0.2) is 0 Å². The predicted molar refractivity (Wildman–Crippen MR) is 106 cm³/mol. The summed E-state index contributed by atoms with van der Waals surface area (Å²) in [7, 11) is 0. The Labute approximate surface area is 172 Å². The minimum Gasteiger partial charge on any atom is -0.348 e. The largest absolute Gasteiger partial charge is 0.417 e. The summed E-state index contributed by atoms with van der Waals surface area (Å²) in [4.78, 5) is 14.9. The topological polar surface area (TPSA) is 32.3 Å². The number of hydrogen-bond acceptors (Lipinski definition) is 2. The van der Waals surface area contributed by atoms with Crippen molar-refractivity contribution in [3.8, 4) is 0 Å². The minimum atomic E-state index is -4.60. The van der Waals surface area contributed by atoms with E-state index in [1.165, 1.54) is 30.5 Å². The molecule has 2 heterocycles. The predicted octanol–water partition coefficient (Wildman–Crippen LogP) is 5.23. The van der Waals surface area contributed by atoms with Gasteiger partial charge in [0.25, 0.3) is 5.91 Å². The zero-order valence-corrected chi connectivity index (χ0v) is 16.8. The summed E-state index contributed by atoms with van der Waals surface area (Å²) in [6.07, 6.45) is -2.20. The molecular formula is C22H22ClF3N2O. The maximum absolute atomic E-state index is 13.0. The van der Waals surface area contributed by atoms with Crippen LogP contribution in [-0.4, -0.2) is 23.9 Å². The molecule has 1 aliphatic carbocycles. The molecule has 2 aromatic carbocycles. The molecule has 0 atom stereocenters. The molecule has 2 saturated heterocycles. The van der Waals surface area contributed by atoms with Gasteiger partial charge in [0.1, 0.15) is 0 Å². The second-order valence-corrected chi connectivity index (χ2v) is 8.27. The van der Waals surface area contributed by atoms with Crippen LogP contribution in [0, 0.1) is 5.92 Å². The fraction of sp³-hybridized carbons (Fsp3) is 0.409. The van der Waals surface area contributed by atoms with E-state index in [1.807, 2.05) is 12.1 Å². The van der Waals surface area contributed by atoms with E-state index in [1.54, 1.807) is 0 Å². The van der Waals surface area contributed by atoms with Crippen molar-refractivity contribution in [3.63, 3.8) is 0 Å². The van der Waals surface area contributed by atoms with Crippen LogP contribution >= 0.6 is 11.6 Å². The number of benzene rings is 2. The molecule has 0 radical (unpaired) electrons. The molecule has 1 amide bonds. The van der Waals surface area contributed by atoms with E-state index in [-0.39, 0.29) is 17.6 Å². The van der Waals surface area contributed by atoms with E-state index in [2.05, 4.69) is 29.3 Å². The molecular weight excluding hydrogens is 401 g/mol. The van der Waals surface area contributed by atoms with Crippen LogP contribution in [0.3, 0.4) is 0 Å². The molecule has 2 aromatic rings. The SMILES string of the molecule is CCN1CC2CC1(c1ccc(CNC(=O)c3cccc(C(F)(F)F)c3Cl)cc1)C2. The average Bonchev–Trinajstić information content (AvgIpc) is 3.21. The molecule has 2 aliphatic heterocycles. The van der Waals surface area contributed by atoms with Crippen LogP contribution in [0.5, 0.6) is 0 Å². The highest BCUT2D eigenvalue weighted by atomic mass is 35.5. The number of carbonyl (C=O) groups excluding carboxylic acids is 1. The summed E-state index contributed by atoms with van der Waals surface area (Å²) < 4.78 is 38.9. The van der Waals surface area contributed by atoms with Gasteiger partial charge in [0.05, 0.1) is 16.1 Å². The standard InChI is InChI=1S/C22H22ClF3N2O/c1-2-28-13-15-10-21(28,11-15)16-8-6-14(7-9-16)12-27-20(29)17-4-3-5-18(19(17)23)22(24,25)26/h3-9,15H,2,10-13H2,1H3,(H,27,29). The normalized spacial score (nSPS) is 23.7. The van der Waals surface area contributed by atoms with Crippen LogP contribution in [0.1, 0.15) is 46.8 Å². The van der Waals surface area contributed by atoms with Crippen LogP contribution in [0.25, 0.3) is 0 Å². The van der Waals surface area contributed by atoms with Crippen LogP contribution in [0.4, 0.5) is 13.2 Å². The number of amides is 1. The highest BCUT2D eigenvalue weighted by molar-refractivity contribution is 6.34. The Kier molecular flexibility index (Phi) is 5.11. The molecule has 29 heavy (non-hydrogen) atoms. The Hall–Kier alpha value is -2.05. The lowest BCUT2D eigenvalue weighted by Crippen LogP contribution is -2.42. The molecule has 2 bridgehead atoms.